The van der Waals surface area contributed by atoms with Crippen LogP contribution in [0.4, 0.5) is 0 Å². The lowest BCUT2D eigenvalue weighted by Crippen LogP contribution is -2.57. The van der Waals surface area contributed by atoms with E-state index >= 15 is 0 Å². The minimum absolute atomic E-state index is 0.130. The van der Waals surface area contributed by atoms with Crippen LogP contribution in [0.25, 0.3) is 22.4 Å². The summed E-state index contributed by atoms with van der Waals surface area (Å²) in [6.07, 6.45) is 7.19. The van der Waals surface area contributed by atoms with Gasteiger partial charge in [0.25, 0.3) is 5.91 Å². The van der Waals surface area contributed by atoms with Crippen molar-refractivity contribution in [3.8, 4) is 17.3 Å². The zero-order valence-electron chi connectivity index (χ0n) is 17.7. The Hall–Kier alpha value is -3.74. The van der Waals surface area contributed by atoms with Crippen molar-refractivity contribution in [2.24, 2.45) is 18.9 Å². The molecule has 2 N–H and O–H groups in total. The number of carbonyl (C=O) groups is 2. The number of rotatable bonds is 6. The number of amides is 2. The van der Waals surface area contributed by atoms with Crippen LogP contribution in [0, 0.1) is 23.2 Å². The summed E-state index contributed by atoms with van der Waals surface area (Å²) >= 11 is 0. The quantitative estimate of drug-likeness (QED) is 0.621. The van der Waals surface area contributed by atoms with Gasteiger partial charge in [-0.2, -0.15) is 10.4 Å². The Bertz CT molecular complexity index is 1170. The number of H-pyrrole nitrogens is 1. The molecule has 0 aromatic carbocycles. The highest BCUT2D eigenvalue weighted by Crippen LogP contribution is 2.22. The summed E-state index contributed by atoms with van der Waals surface area (Å²) in [5.41, 5.74) is 2.65. The van der Waals surface area contributed by atoms with E-state index in [0.29, 0.717) is 41.9 Å². The number of hydrogen-bond acceptors (Lipinski definition) is 6. The largest absolute Gasteiger partial charge is 0.344 e. The van der Waals surface area contributed by atoms with E-state index in [0.717, 1.165) is 5.56 Å². The van der Waals surface area contributed by atoms with Gasteiger partial charge in [0, 0.05) is 38.1 Å². The van der Waals surface area contributed by atoms with Crippen LogP contribution < -0.4 is 5.32 Å². The summed E-state index contributed by atoms with van der Waals surface area (Å²) in [6.45, 7) is 4.82. The molecule has 0 saturated carbocycles. The van der Waals surface area contributed by atoms with Crippen LogP contribution in [0.1, 0.15) is 30.6 Å². The molecule has 0 bridgehead atoms. The lowest BCUT2D eigenvalue weighted by Gasteiger charge is -2.38. The third kappa shape index (κ3) is 4.12. The molecule has 2 amide bonds. The molecule has 1 saturated heterocycles. The van der Waals surface area contributed by atoms with Crippen molar-refractivity contribution in [1.29, 1.82) is 5.26 Å². The molecule has 10 nitrogen and oxygen atoms in total. The van der Waals surface area contributed by atoms with E-state index in [1.165, 1.54) is 0 Å². The third-order valence-electron chi connectivity index (χ3n) is 5.31. The second kappa shape index (κ2) is 8.18. The highest BCUT2D eigenvalue weighted by molar-refractivity contribution is 6.06. The lowest BCUT2D eigenvalue weighted by molar-refractivity contribution is -0.138. The highest BCUT2D eigenvalue weighted by atomic mass is 16.2. The molecule has 3 aromatic rings. The molecule has 1 atom stereocenters. The van der Waals surface area contributed by atoms with Gasteiger partial charge >= 0.3 is 0 Å². The number of carbonyl (C=O) groups excluding carboxylic acids is 2. The van der Waals surface area contributed by atoms with Gasteiger partial charge in [-0.3, -0.25) is 14.3 Å². The number of aromatic amines is 1. The average Bonchev–Trinajstić information content (AvgIpc) is 3.31. The SMILES string of the molecule is CC(C)CC(NC(=O)c1c[nH]c2ncc(-c3cnn(C)c3)nc12)C(=O)N1CC(C#N)C1. The summed E-state index contributed by atoms with van der Waals surface area (Å²) in [5.74, 6) is -0.466. The van der Waals surface area contributed by atoms with E-state index in [1.807, 2.05) is 27.1 Å². The zero-order chi connectivity index (χ0) is 22.1. The second-order valence-electron chi connectivity index (χ2n) is 8.28. The summed E-state index contributed by atoms with van der Waals surface area (Å²) in [5, 5.41) is 16.0. The van der Waals surface area contributed by atoms with E-state index in [2.05, 4.69) is 31.4 Å². The standard InChI is InChI=1S/C21H24N8O2/c1-12(2)4-16(21(31)29-9-13(5-22)10-29)27-20(30)15-7-23-19-18(15)26-17(8-24-19)14-6-25-28(3)11-14/h6-8,11-13,16H,4,9-10H2,1-3H3,(H,23,24)(H,27,30). The normalized spacial score (nSPS) is 15.0. The topological polar surface area (TPSA) is 133 Å². The Morgan fingerprint density at radius 1 is 1.35 bits per heavy atom. The van der Waals surface area contributed by atoms with Crippen LogP contribution in [-0.2, 0) is 11.8 Å². The maximum Gasteiger partial charge on any atom is 0.255 e. The van der Waals surface area contributed by atoms with Crippen molar-refractivity contribution in [2.75, 3.05) is 13.1 Å². The number of nitriles is 1. The van der Waals surface area contributed by atoms with Gasteiger partial charge in [0.05, 0.1) is 35.6 Å². The first-order valence-electron chi connectivity index (χ1n) is 10.2. The number of likely N-dealkylation sites (tertiary alicyclic amines) is 1. The van der Waals surface area contributed by atoms with Crippen LogP contribution in [0.15, 0.2) is 24.8 Å². The summed E-state index contributed by atoms with van der Waals surface area (Å²) in [4.78, 5) is 39.5. The molecule has 1 unspecified atom stereocenters. The number of aromatic nitrogens is 5. The van der Waals surface area contributed by atoms with Gasteiger partial charge in [0.1, 0.15) is 11.6 Å². The monoisotopic (exact) mass is 420 g/mol. The van der Waals surface area contributed by atoms with Crippen molar-refractivity contribution < 1.29 is 9.59 Å². The minimum atomic E-state index is -0.661. The second-order valence-corrected chi connectivity index (χ2v) is 8.28. The predicted octanol–water partition coefficient (Wildman–Crippen LogP) is 1.48. The Morgan fingerprint density at radius 2 is 2.13 bits per heavy atom. The van der Waals surface area contributed by atoms with Gasteiger partial charge in [-0.25, -0.2) is 9.97 Å². The lowest BCUT2D eigenvalue weighted by atomic mass is 9.97. The fraction of sp³-hybridized carbons (Fsp3) is 0.429. The highest BCUT2D eigenvalue weighted by Gasteiger charge is 2.35. The molecule has 31 heavy (non-hydrogen) atoms. The van der Waals surface area contributed by atoms with Gasteiger partial charge in [0.2, 0.25) is 5.91 Å². The van der Waals surface area contributed by atoms with Crippen molar-refractivity contribution in [3.05, 3.63) is 30.4 Å². The van der Waals surface area contributed by atoms with E-state index in [-0.39, 0.29) is 23.7 Å². The Kier molecular flexibility index (Phi) is 5.42. The molecular weight excluding hydrogens is 396 g/mol. The first kappa shape index (κ1) is 20.5. The summed E-state index contributed by atoms with van der Waals surface area (Å²) in [6, 6.07) is 1.50. The predicted molar refractivity (Wildman–Crippen MR) is 112 cm³/mol. The Balaban J connectivity index is 1.57. The number of aryl methyl sites for hydroxylation is 1. The first-order valence-corrected chi connectivity index (χ1v) is 10.2. The molecule has 4 rings (SSSR count). The van der Waals surface area contributed by atoms with Gasteiger partial charge in [0.15, 0.2) is 5.65 Å². The van der Waals surface area contributed by atoms with Gasteiger partial charge in [-0.15, -0.1) is 0 Å². The molecule has 1 aliphatic rings. The van der Waals surface area contributed by atoms with Crippen LogP contribution in [0.5, 0.6) is 0 Å². The summed E-state index contributed by atoms with van der Waals surface area (Å²) < 4.78 is 1.67. The van der Waals surface area contributed by atoms with Crippen LogP contribution in [0.2, 0.25) is 0 Å². The van der Waals surface area contributed by atoms with Crippen molar-refractivity contribution >= 4 is 23.0 Å². The third-order valence-corrected chi connectivity index (χ3v) is 5.31. The molecule has 0 aliphatic carbocycles. The number of nitrogens with zero attached hydrogens (tertiary/aromatic N) is 6. The maximum atomic E-state index is 13.1. The van der Waals surface area contributed by atoms with Crippen LogP contribution >= 0.6 is 0 Å². The van der Waals surface area contributed by atoms with Gasteiger partial charge in [-0.1, -0.05) is 13.8 Å². The number of nitrogens with one attached hydrogen (secondary N) is 2. The Labute approximate surface area is 179 Å². The van der Waals surface area contributed by atoms with Gasteiger partial charge < -0.3 is 15.2 Å². The fourth-order valence-corrected chi connectivity index (χ4v) is 3.65. The van der Waals surface area contributed by atoms with E-state index in [4.69, 9.17) is 5.26 Å². The smallest absolute Gasteiger partial charge is 0.255 e. The van der Waals surface area contributed by atoms with E-state index in [9.17, 15) is 9.59 Å². The van der Waals surface area contributed by atoms with Crippen LogP contribution in [0.3, 0.4) is 0 Å². The van der Waals surface area contributed by atoms with E-state index in [1.54, 1.807) is 28.2 Å². The first-order chi connectivity index (χ1) is 14.9. The van der Waals surface area contributed by atoms with Crippen LogP contribution in [-0.4, -0.2) is 60.6 Å². The van der Waals surface area contributed by atoms with Gasteiger partial charge in [-0.05, 0) is 12.3 Å². The van der Waals surface area contributed by atoms with Crippen molar-refractivity contribution in [2.45, 2.75) is 26.3 Å². The molecular formula is C21H24N8O2. The molecule has 1 fully saturated rings. The molecule has 10 heteroatoms. The molecule has 1 aliphatic heterocycles. The molecule has 3 aromatic heterocycles. The number of fused-ring (bicyclic) bond motifs is 1. The average molecular weight is 420 g/mol. The number of hydrogen-bond donors (Lipinski definition) is 2. The fourth-order valence-electron chi connectivity index (χ4n) is 3.65. The summed E-state index contributed by atoms with van der Waals surface area (Å²) in [7, 11) is 1.81. The van der Waals surface area contributed by atoms with Crippen molar-refractivity contribution in [1.82, 2.24) is 34.9 Å². The maximum absolute atomic E-state index is 13.1. The minimum Gasteiger partial charge on any atom is -0.344 e. The zero-order valence-corrected chi connectivity index (χ0v) is 17.7. The molecule has 0 radical (unpaired) electrons. The van der Waals surface area contributed by atoms with E-state index < -0.39 is 6.04 Å². The molecule has 0 spiro atoms. The molecule has 160 valence electrons. The molecule has 4 heterocycles. The van der Waals surface area contributed by atoms with Crippen molar-refractivity contribution in [3.63, 3.8) is 0 Å². The Morgan fingerprint density at radius 3 is 2.77 bits per heavy atom.